The standard InChI is InChI=1S/C10H13F2N5O/c1-18-6-2-5-13-7-3-4-8-14-15-10(9(11)12)17(8)16-7/h3-4,9H,2,5-6H2,1H3,(H,13,16). The second kappa shape index (κ2) is 5.67. The summed E-state index contributed by atoms with van der Waals surface area (Å²) >= 11 is 0. The fraction of sp³-hybridized carbons (Fsp3) is 0.500. The molecule has 0 aliphatic rings. The minimum Gasteiger partial charge on any atom is -0.385 e. The molecule has 6 nitrogen and oxygen atoms in total. The van der Waals surface area contributed by atoms with E-state index in [0.717, 1.165) is 10.9 Å². The molecule has 0 unspecified atom stereocenters. The molecular formula is C10H13F2N5O. The van der Waals surface area contributed by atoms with Crippen LogP contribution in [-0.4, -0.2) is 40.1 Å². The van der Waals surface area contributed by atoms with Crippen LogP contribution < -0.4 is 5.32 Å². The van der Waals surface area contributed by atoms with E-state index in [0.29, 0.717) is 24.6 Å². The minimum absolute atomic E-state index is 0.299. The van der Waals surface area contributed by atoms with Crippen molar-refractivity contribution in [3.8, 4) is 0 Å². The van der Waals surface area contributed by atoms with Gasteiger partial charge in [-0.2, -0.15) is 4.52 Å². The van der Waals surface area contributed by atoms with E-state index in [1.807, 2.05) is 0 Å². The third kappa shape index (κ3) is 2.70. The fourth-order valence-corrected chi connectivity index (χ4v) is 1.47. The number of alkyl halides is 2. The molecular weight excluding hydrogens is 244 g/mol. The highest BCUT2D eigenvalue weighted by Gasteiger charge is 2.16. The van der Waals surface area contributed by atoms with Crippen molar-refractivity contribution in [2.75, 3.05) is 25.6 Å². The second-order valence-corrected chi connectivity index (χ2v) is 3.62. The van der Waals surface area contributed by atoms with Gasteiger partial charge >= 0.3 is 0 Å². The van der Waals surface area contributed by atoms with Gasteiger partial charge in [0.15, 0.2) is 5.65 Å². The molecule has 0 fully saturated rings. The summed E-state index contributed by atoms with van der Waals surface area (Å²) in [6, 6.07) is 3.26. The molecule has 0 atom stereocenters. The van der Waals surface area contributed by atoms with Gasteiger partial charge in [0.25, 0.3) is 6.43 Å². The topological polar surface area (TPSA) is 64.3 Å². The van der Waals surface area contributed by atoms with Crippen molar-refractivity contribution in [3.05, 3.63) is 18.0 Å². The van der Waals surface area contributed by atoms with E-state index in [1.165, 1.54) is 0 Å². The van der Waals surface area contributed by atoms with Crippen LogP contribution in [0.2, 0.25) is 0 Å². The van der Waals surface area contributed by atoms with Gasteiger partial charge in [-0.1, -0.05) is 0 Å². The maximum Gasteiger partial charge on any atom is 0.299 e. The molecule has 0 amide bonds. The van der Waals surface area contributed by atoms with Crippen LogP contribution in [0.3, 0.4) is 0 Å². The van der Waals surface area contributed by atoms with Gasteiger partial charge in [-0.3, -0.25) is 0 Å². The number of anilines is 1. The molecule has 0 radical (unpaired) electrons. The molecule has 0 aromatic carbocycles. The van der Waals surface area contributed by atoms with Crippen LogP contribution in [0.1, 0.15) is 18.7 Å². The summed E-state index contributed by atoms with van der Waals surface area (Å²) in [7, 11) is 1.62. The first-order valence-corrected chi connectivity index (χ1v) is 5.45. The van der Waals surface area contributed by atoms with Crippen LogP contribution >= 0.6 is 0 Å². The van der Waals surface area contributed by atoms with E-state index in [-0.39, 0.29) is 0 Å². The Balaban J connectivity index is 2.12. The predicted molar refractivity (Wildman–Crippen MR) is 60.7 cm³/mol. The van der Waals surface area contributed by atoms with Crippen molar-refractivity contribution in [1.29, 1.82) is 0 Å². The third-order valence-corrected chi connectivity index (χ3v) is 2.31. The Bertz CT molecular complexity index is 516. The zero-order chi connectivity index (χ0) is 13.0. The average molecular weight is 257 g/mol. The number of aromatic nitrogens is 4. The van der Waals surface area contributed by atoms with Crippen molar-refractivity contribution >= 4 is 11.5 Å². The summed E-state index contributed by atoms with van der Waals surface area (Å²) < 4.78 is 31.2. The summed E-state index contributed by atoms with van der Waals surface area (Å²) in [6.07, 6.45) is -1.89. The number of hydrogen-bond acceptors (Lipinski definition) is 5. The second-order valence-electron chi connectivity index (χ2n) is 3.62. The van der Waals surface area contributed by atoms with Gasteiger partial charge in [0.2, 0.25) is 5.82 Å². The summed E-state index contributed by atoms with van der Waals surface area (Å²) in [5, 5.41) is 14.0. The van der Waals surface area contributed by atoms with Crippen LogP contribution in [0.5, 0.6) is 0 Å². The number of hydrogen-bond donors (Lipinski definition) is 1. The molecule has 1 N–H and O–H groups in total. The molecule has 98 valence electrons. The summed E-state index contributed by atoms with van der Waals surface area (Å²) in [5.74, 6) is 0.0471. The van der Waals surface area contributed by atoms with Crippen LogP contribution in [0.25, 0.3) is 5.65 Å². The van der Waals surface area contributed by atoms with Gasteiger partial charge in [-0.25, -0.2) is 8.78 Å². The van der Waals surface area contributed by atoms with Crippen molar-refractivity contribution < 1.29 is 13.5 Å². The lowest BCUT2D eigenvalue weighted by Crippen LogP contribution is -2.08. The van der Waals surface area contributed by atoms with Crippen LogP contribution in [-0.2, 0) is 4.74 Å². The molecule has 0 aliphatic heterocycles. The van der Waals surface area contributed by atoms with Gasteiger partial charge in [0.1, 0.15) is 5.82 Å². The molecule has 0 spiro atoms. The van der Waals surface area contributed by atoms with Gasteiger partial charge in [-0.15, -0.1) is 15.3 Å². The highest BCUT2D eigenvalue weighted by molar-refractivity contribution is 5.43. The highest BCUT2D eigenvalue weighted by atomic mass is 19.3. The van der Waals surface area contributed by atoms with E-state index in [9.17, 15) is 8.78 Å². The molecule has 8 heteroatoms. The summed E-state index contributed by atoms with van der Waals surface area (Å²) in [6.45, 7) is 1.28. The summed E-state index contributed by atoms with van der Waals surface area (Å²) in [5.41, 5.74) is 0.299. The van der Waals surface area contributed by atoms with Crippen LogP contribution in [0.15, 0.2) is 12.1 Å². The Labute approximate surface area is 102 Å². The lowest BCUT2D eigenvalue weighted by atomic mass is 10.4. The number of nitrogens with one attached hydrogen (secondary N) is 1. The predicted octanol–water partition coefficient (Wildman–Crippen LogP) is 1.51. The quantitative estimate of drug-likeness (QED) is 0.795. The van der Waals surface area contributed by atoms with Crippen molar-refractivity contribution in [2.24, 2.45) is 0 Å². The Morgan fingerprint density at radius 3 is 2.94 bits per heavy atom. The number of nitrogens with zero attached hydrogens (tertiary/aromatic N) is 4. The van der Waals surface area contributed by atoms with Gasteiger partial charge in [0, 0.05) is 20.3 Å². The third-order valence-electron chi connectivity index (χ3n) is 2.31. The molecule has 2 rings (SSSR count). The number of fused-ring (bicyclic) bond motifs is 1. The van der Waals surface area contributed by atoms with Gasteiger partial charge in [-0.05, 0) is 18.6 Å². The Kier molecular flexibility index (Phi) is 3.98. The molecule has 2 heterocycles. The zero-order valence-corrected chi connectivity index (χ0v) is 9.81. The first-order chi connectivity index (χ1) is 8.72. The van der Waals surface area contributed by atoms with Crippen molar-refractivity contribution in [1.82, 2.24) is 19.8 Å². The molecule has 0 aliphatic carbocycles. The van der Waals surface area contributed by atoms with Gasteiger partial charge < -0.3 is 10.1 Å². The first-order valence-electron chi connectivity index (χ1n) is 5.45. The monoisotopic (exact) mass is 257 g/mol. The molecule has 2 aromatic rings. The number of rotatable bonds is 6. The number of halogens is 2. The Hall–Kier alpha value is -1.83. The first kappa shape index (κ1) is 12.6. The van der Waals surface area contributed by atoms with Crippen LogP contribution in [0.4, 0.5) is 14.6 Å². The molecule has 2 aromatic heterocycles. The average Bonchev–Trinajstić information content (AvgIpc) is 2.77. The highest BCUT2D eigenvalue weighted by Crippen LogP contribution is 2.17. The van der Waals surface area contributed by atoms with Crippen molar-refractivity contribution in [3.63, 3.8) is 0 Å². The minimum atomic E-state index is -2.70. The Morgan fingerprint density at radius 1 is 1.39 bits per heavy atom. The molecule has 0 bridgehead atoms. The molecule has 18 heavy (non-hydrogen) atoms. The zero-order valence-electron chi connectivity index (χ0n) is 9.81. The largest absolute Gasteiger partial charge is 0.385 e. The van der Waals surface area contributed by atoms with E-state index in [4.69, 9.17) is 4.74 Å². The summed E-state index contributed by atoms with van der Waals surface area (Å²) in [4.78, 5) is 0. The lowest BCUT2D eigenvalue weighted by Gasteiger charge is -2.05. The van der Waals surface area contributed by atoms with Crippen molar-refractivity contribution in [2.45, 2.75) is 12.8 Å². The van der Waals surface area contributed by atoms with Crippen LogP contribution in [0, 0.1) is 0 Å². The van der Waals surface area contributed by atoms with Gasteiger partial charge in [0.05, 0.1) is 0 Å². The molecule has 0 saturated heterocycles. The van der Waals surface area contributed by atoms with E-state index in [1.54, 1.807) is 19.2 Å². The SMILES string of the molecule is COCCCNc1ccc2nnc(C(F)F)n2n1. The van der Waals surface area contributed by atoms with E-state index >= 15 is 0 Å². The normalized spacial score (nSPS) is 11.3. The Morgan fingerprint density at radius 2 is 2.22 bits per heavy atom. The smallest absolute Gasteiger partial charge is 0.299 e. The maximum absolute atomic E-state index is 12.6. The fourth-order valence-electron chi connectivity index (χ4n) is 1.47. The number of methoxy groups -OCH3 is 1. The molecule has 0 saturated carbocycles. The number of ether oxygens (including phenoxy) is 1. The van der Waals surface area contributed by atoms with E-state index in [2.05, 4.69) is 20.6 Å². The lowest BCUT2D eigenvalue weighted by molar-refractivity contribution is 0.137. The van der Waals surface area contributed by atoms with E-state index < -0.39 is 12.2 Å². The maximum atomic E-state index is 12.6.